The minimum absolute atomic E-state index is 0. The Hall–Kier alpha value is 1.85. The third-order valence-electron chi connectivity index (χ3n) is 0. The summed E-state index contributed by atoms with van der Waals surface area (Å²) in [6, 6.07) is 0. The second-order valence-corrected chi connectivity index (χ2v) is 1.54. The molecule has 0 fully saturated rings. The molecule has 0 saturated heterocycles. The quantitative estimate of drug-likeness (QED) is 0.294. The molecule has 0 heterocycles. The van der Waals surface area contributed by atoms with E-state index in [1.54, 1.807) is 0 Å². The predicted octanol–water partition coefficient (Wildman–Crippen LogP) is -3.81. The van der Waals surface area contributed by atoms with Gasteiger partial charge >= 0.3 is 37.4 Å². The molecule has 0 aromatic heterocycles. The molecular weight excluding hydrogens is 226 g/mol. The van der Waals surface area contributed by atoms with E-state index in [9.17, 15) is 0 Å². The van der Waals surface area contributed by atoms with E-state index >= 15 is 0 Å². The topological polar surface area (TPSA) is 77.8 Å². The van der Waals surface area contributed by atoms with E-state index in [1.165, 1.54) is 0 Å². The Kier molecular flexibility index (Phi) is 13.6. The van der Waals surface area contributed by atoms with Gasteiger partial charge in [0.2, 0.25) is 0 Å². The van der Waals surface area contributed by atoms with Crippen LogP contribution in [0.3, 0.4) is 0 Å². The summed E-state index contributed by atoms with van der Waals surface area (Å²) < 4.78 is 8.88. The second kappa shape index (κ2) is 5.98. The molecule has 0 aromatic rings. The molecule has 0 amide bonds. The van der Waals surface area contributed by atoms with E-state index < -0.39 is 7.82 Å². The number of hydrogen-bond acceptors (Lipinski definition) is 1. The molecule has 0 saturated carbocycles. The zero-order valence-corrected chi connectivity index (χ0v) is 7.88. The maximum Gasteiger partial charge on any atom is 1.00 e. The first kappa shape index (κ1) is 15.9. The summed E-state index contributed by atoms with van der Waals surface area (Å²) in [7, 11) is -4.64. The fraction of sp³-hybridized carbons (Fsp3) is 0. The van der Waals surface area contributed by atoms with Crippen LogP contribution in [0, 0.1) is 0 Å². The van der Waals surface area contributed by atoms with Crippen molar-refractivity contribution in [3.63, 3.8) is 0 Å². The van der Waals surface area contributed by atoms with Crippen molar-refractivity contribution in [2.75, 3.05) is 0 Å². The van der Waals surface area contributed by atoms with Crippen molar-refractivity contribution in [1.29, 1.82) is 0 Å². The average Bonchev–Trinajstić information content (AvgIpc) is 0.722. The van der Waals surface area contributed by atoms with E-state index in [0.29, 0.717) is 0 Å². The molecule has 0 unspecified atom stereocenters. The van der Waals surface area contributed by atoms with Gasteiger partial charge < -0.3 is 16.1 Å². The fourth-order valence-corrected chi connectivity index (χ4v) is 0. The Labute approximate surface area is 79.8 Å². The molecule has 0 bridgehead atoms. The summed E-state index contributed by atoms with van der Waals surface area (Å²) in [4.78, 5) is 21.6. The molecule has 45 valence electrons. The Morgan fingerprint density at radius 1 is 1.29 bits per heavy atom. The van der Waals surface area contributed by atoms with Crippen LogP contribution in [-0.2, 0) is 26.9 Å². The summed E-state index contributed by atoms with van der Waals surface area (Å²) in [5, 5.41) is 0. The largest absolute Gasteiger partial charge is 1.00 e. The van der Waals surface area contributed by atoms with E-state index in [4.69, 9.17) is 19.2 Å². The van der Waals surface area contributed by atoms with Crippen molar-refractivity contribution in [2.24, 2.45) is 0 Å². The molecule has 0 spiro atoms. The zero-order valence-electron chi connectivity index (χ0n) is 4.50. The number of phosphoric acid groups is 1. The monoisotopic (exact) mass is 229 g/mol. The van der Waals surface area contributed by atoms with Crippen LogP contribution >= 0.6 is 7.82 Å². The third kappa shape index (κ3) is 78.5. The van der Waals surface area contributed by atoms with E-state index in [2.05, 4.69) is 0 Å². The van der Waals surface area contributed by atoms with Crippen molar-refractivity contribution in [3.05, 3.63) is 0 Å². The van der Waals surface area contributed by atoms with Gasteiger partial charge in [0, 0.05) is 22.4 Å². The minimum Gasteiger partial charge on any atom is -1.00 e. The Balaban J connectivity index is -0.0000000267. The summed E-state index contributed by atoms with van der Waals surface area (Å²) in [5.41, 5.74) is 0. The van der Waals surface area contributed by atoms with Gasteiger partial charge in [-0.1, -0.05) is 0 Å². The molecule has 0 aliphatic heterocycles. The normalized spacial score (nSPS) is 8.43. The Morgan fingerprint density at radius 3 is 1.29 bits per heavy atom. The molecule has 0 aromatic carbocycles. The molecule has 0 aliphatic carbocycles. The molecule has 3 N–H and O–H groups in total. The summed E-state index contributed by atoms with van der Waals surface area (Å²) in [5.74, 6) is 0. The van der Waals surface area contributed by atoms with Crippen LogP contribution < -0.4 is 29.6 Å². The van der Waals surface area contributed by atoms with Gasteiger partial charge in [-0.25, -0.2) is 4.57 Å². The van der Waals surface area contributed by atoms with Crippen LogP contribution in [-0.4, -0.2) is 14.7 Å². The maximum absolute atomic E-state index is 8.88. The van der Waals surface area contributed by atoms with Gasteiger partial charge in [0.1, 0.15) is 0 Å². The van der Waals surface area contributed by atoms with E-state index in [1.807, 2.05) is 0 Å². The molecule has 0 atom stereocenters. The Bertz CT molecular complexity index is 62.2. The Morgan fingerprint density at radius 2 is 1.29 bits per heavy atom. The van der Waals surface area contributed by atoms with Gasteiger partial charge in [0.25, 0.3) is 0 Å². The number of rotatable bonds is 0. The van der Waals surface area contributed by atoms with Gasteiger partial charge in [-0.3, -0.25) is 0 Å². The van der Waals surface area contributed by atoms with Crippen molar-refractivity contribution >= 4 is 7.82 Å². The summed E-state index contributed by atoms with van der Waals surface area (Å²) in [6.45, 7) is 0. The van der Waals surface area contributed by atoms with Gasteiger partial charge in [-0.2, -0.15) is 0 Å². The van der Waals surface area contributed by atoms with Crippen molar-refractivity contribution < 1.29 is 72.6 Å². The van der Waals surface area contributed by atoms with Crippen LogP contribution in [0.4, 0.5) is 0 Å². The van der Waals surface area contributed by atoms with Crippen LogP contribution in [0.25, 0.3) is 0 Å². The van der Waals surface area contributed by atoms with Crippen LogP contribution in [0.2, 0.25) is 0 Å². The zero-order chi connectivity index (χ0) is 4.50. The molecule has 1 radical (unpaired) electrons. The molecule has 7 heavy (non-hydrogen) atoms. The van der Waals surface area contributed by atoms with E-state index in [-0.39, 0.29) is 53.4 Å². The number of hydrogen-bond donors (Lipinski definition) is 3. The fourth-order valence-electron chi connectivity index (χ4n) is 0. The standard InChI is InChI=1S/Ag.Na.H3O4P.H/c;;1-5(2,3)4;/h;;(H3,1,2,3,4);/q;+1;;-1. The van der Waals surface area contributed by atoms with Gasteiger partial charge in [-0.15, -0.1) is 0 Å². The van der Waals surface area contributed by atoms with Gasteiger partial charge in [-0.05, 0) is 0 Å². The molecule has 0 aliphatic rings. The molecule has 4 nitrogen and oxygen atoms in total. The van der Waals surface area contributed by atoms with Gasteiger partial charge in [0.05, 0.1) is 0 Å². The first-order valence-corrected chi connectivity index (χ1v) is 2.35. The minimum atomic E-state index is -4.64. The first-order chi connectivity index (χ1) is 2.00. The van der Waals surface area contributed by atoms with Crippen LogP contribution in [0.5, 0.6) is 0 Å². The van der Waals surface area contributed by atoms with Crippen LogP contribution in [0.1, 0.15) is 1.43 Å². The SMILES string of the molecule is O=P(O)(O)O.[Ag].[H-].[Na+]. The van der Waals surface area contributed by atoms with Crippen molar-refractivity contribution in [3.8, 4) is 0 Å². The van der Waals surface area contributed by atoms with Crippen molar-refractivity contribution in [1.82, 2.24) is 0 Å². The molecular formula is H4AgNaO4P. The van der Waals surface area contributed by atoms with E-state index in [0.717, 1.165) is 0 Å². The van der Waals surface area contributed by atoms with Crippen molar-refractivity contribution in [2.45, 2.75) is 0 Å². The van der Waals surface area contributed by atoms with Crippen LogP contribution in [0.15, 0.2) is 0 Å². The third-order valence-corrected chi connectivity index (χ3v) is 0. The molecule has 7 heteroatoms. The smallest absolute Gasteiger partial charge is 1.00 e. The van der Waals surface area contributed by atoms with Gasteiger partial charge in [0.15, 0.2) is 0 Å². The second-order valence-electron chi connectivity index (χ2n) is 0.513. The predicted molar refractivity (Wildman–Crippen MR) is 15.4 cm³/mol. The summed E-state index contributed by atoms with van der Waals surface area (Å²) >= 11 is 0. The maximum atomic E-state index is 8.88. The summed E-state index contributed by atoms with van der Waals surface area (Å²) in [6.07, 6.45) is 0. The average molecular weight is 230 g/mol. The first-order valence-electron chi connectivity index (χ1n) is 0.783. The molecule has 0 rings (SSSR count).